The number of amides is 1. The first-order valence-corrected chi connectivity index (χ1v) is 7.70. The second-order valence-corrected chi connectivity index (χ2v) is 5.16. The Morgan fingerprint density at radius 1 is 1.18 bits per heavy atom. The van der Waals surface area contributed by atoms with Gasteiger partial charge in [0.15, 0.2) is 0 Å². The summed E-state index contributed by atoms with van der Waals surface area (Å²) in [5.74, 6) is -0.103. The summed E-state index contributed by atoms with van der Waals surface area (Å²) < 4.78 is 0. The molecule has 0 spiro atoms. The molecule has 6 heteroatoms. The Morgan fingerprint density at radius 3 is 2.45 bits per heavy atom. The van der Waals surface area contributed by atoms with Crippen molar-refractivity contribution in [2.75, 3.05) is 0 Å². The van der Waals surface area contributed by atoms with Gasteiger partial charge in [0.2, 0.25) is 5.91 Å². The molecule has 6 nitrogen and oxygen atoms in total. The molecule has 1 aromatic carbocycles. The summed E-state index contributed by atoms with van der Waals surface area (Å²) in [6.45, 7) is 2.18. The number of nitrogens with one attached hydrogen (secondary N) is 1. The number of carbonyl (C=O) groups excluding carboxylic acids is 1. The molecule has 120 valence electrons. The SMILES string of the molecule is CCCCCCCCC(=O)N/N=C/c1ccc([N+](=O)[O-])cc1. The van der Waals surface area contributed by atoms with Crippen molar-refractivity contribution in [1.29, 1.82) is 0 Å². The van der Waals surface area contributed by atoms with Gasteiger partial charge >= 0.3 is 0 Å². The molecule has 0 bridgehead atoms. The number of unbranched alkanes of at least 4 members (excludes halogenated alkanes) is 5. The van der Waals surface area contributed by atoms with Crippen molar-refractivity contribution in [2.45, 2.75) is 51.9 Å². The van der Waals surface area contributed by atoms with Crippen LogP contribution in [0.2, 0.25) is 0 Å². The van der Waals surface area contributed by atoms with Crippen LogP contribution in [-0.4, -0.2) is 17.0 Å². The summed E-state index contributed by atoms with van der Waals surface area (Å²) in [6, 6.07) is 5.97. The van der Waals surface area contributed by atoms with Crippen LogP contribution in [0, 0.1) is 10.1 Å². The second kappa shape index (κ2) is 10.5. The molecule has 1 N–H and O–H groups in total. The number of carbonyl (C=O) groups is 1. The lowest BCUT2D eigenvalue weighted by molar-refractivity contribution is -0.384. The Hall–Kier alpha value is -2.24. The molecule has 0 aliphatic heterocycles. The van der Waals surface area contributed by atoms with E-state index in [1.807, 2.05) is 0 Å². The Labute approximate surface area is 130 Å². The molecule has 1 aromatic rings. The third-order valence-electron chi connectivity index (χ3n) is 3.26. The minimum Gasteiger partial charge on any atom is -0.273 e. The first-order valence-electron chi connectivity index (χ1n) is 7.70. The van der Waals surface area contributed by atoms with Gasteiger partial charge in [-0.3, -0.25) is 14.9 Å². The topological polar surface area (TPSA) is 84.6 Å². The first-order chi connectivity index (χ1) is 10.6. The van der Waals surface area contributed by atoms with Crippen LogP contribution >= 0.6 is 0 Å². The smallest absolute Gasteiger partial charge is 0.269 e. The Morgan fingerprint density at radius 2 is 1.82 bits per heavy atom. The van der Waals surface area contributed by atoms with Gasteiger partial charge in [0.25, 0.3) is 5.69 Å². The summed E-state index contributed by atoms with van der Waals surface area (Å²) in [5.41, 5.74) is 3.20. The van der Waals surface area contributed by atoms with Gasteiger partial charge in [-0.1, -0.05) is 39.0 Å². The van der Waals surface area contributed by atoms with Crippen LogP contribution in [0.5, 0.6) is 0 Å². The number of hydrogen-bond acceptors (Lipinski definition) is 4. The average Bonchev–Trinajstić information content (AvgIpc) is 2.51. The van der Waals surface area contributed by atoms with Gasteiger partial charge in [-0.25, -0.2) is 5.43 Å². The maximum Gasteiger partial charge on any atom is 0.269 e. The zero-order valence-corrected chi connectivity index (χ0v) is 13.0. The zero-order valence-electron chi connectivity index (χ0n) is 13.0. The number of nitro groups is 1. The maximum absolute atomic E-state index is 11.6. The van der Waals surface area contributed by atoms with E-state index >= 15 is 0 Å². The van der Waals surface area contributed by atoms with Crippen molar-refractivity contribution in [3.05, 3.63) is 39.9 Å². The van der Waals surface area contributed by atoms with E-state index in [0.29, 0.717) is 12.0 Å². The molecule has 0 atom stereocenters. The van der Waals surface area contributed by atoms with Crippen LogP contribution in [0.4, 0.5) is 5.69 Å². The molecule has 0 aliphatic rings. The molecule has 1 rings (SSSR count). The van der Waals surface area contributed by atoms with E-state index in [-0.39, 0.29) is 11.6 Å². The molecule has 22 heavy (non-hydrogen) atoms. The normalized spacial score (nSPS) is 10.8. The zero-order chi connectivity index (χ0) is 16.2. The number of non-ortho nitro benzene ring substituents is 1. The molecular formula is C16H23N3O3. The number of rotatable bonds is 10. The van der Waals surface area contributed by atoms with E-state index in [0.717, 1.165) is 12.8 Å². The predicted molar refractivity (Wildman–Crippen MR) is 86.8 cm³/mol. The maximum atomic E-state index is 11.6. The first kappa shape index (κ1) is 17.8. The number of benzene rings is 1. The van der Waals surface area contributed by atoms with Gasteiger partial charge in [0, 0.05) is 18.6 Å². The summed E-state index contributed by atoms with van der Waals surface area (Å²) in [5, 5.41) is 14.4. The highest BCUT2D eigenvalue weighted by atomic mass is 16.6. The van der Waals surface area contributed by atoms with Gasteiger partial charge in [0.05, 0.1) is 11.1 Å². The highest BCUT2D eigenvalue weighted by Gasteiger charge is 2.03. The standard InChI is InChI=1S/C16H23N3O3/c1-2-3-4-5-6-7-8-16(20)18-17-13-14-9-11-15(12-10-14)19(21)22/h9-13H,2-8H2,1H3,(H,18,20)/b17-13+. The summed E-state index contributed by atoms with van der Waals surface area (Å²) in [4.78, 5) is 21.6. The fourth-order valence-electron chi connectivity index (χ4n) is 1.98. The van der Waals surface area contributed by atoms with Crippen LogP contribution in [-0.2, 0) is 4.79 Å². The fourth-order valence-corrected chi connectivity index (χ4v) is 1.98. The largest absolute Gasteiger partial charge is 0.273 e. The van der Waals surface area contributed by atoms with Crippen LogP contribution in [0.25, 0.3) is 0 Å². The van der Waals surface area contributed by atoms with Gasteiger partial charge in [-0.2, -0.15) is 5.10 Å². The van der Waals surface area contributed by atoms with Gasteiger partial charge < -0.3 is 0 Å². The van der Waals surface area contributed by atoms with Crippen molar-refractivity contribution in [1.82, 2.24) is 5.43 Å². The Bertz CT molecular complexity index is 498. The van der Waals surface area contributed by atoms with E-state index in [2.05, 4.69) is 17.5 Å². The molecule has 0 aliphatic carbocycles. The molecule has 0 radical (unpaired) electrons. The lowest BCUT2D eigenvalue weighted by Crippen LogP contribution is -2.16. The lowest BCUT2D eigenvalue weighted by atomic mass is 10.1. The number of hydrazone groups is 1. The van der Waals surface area contributed by atoms with E-state index in [1.165, 1.54) is 44.0 Å². The van der Waals surface area contributed by atoms with E-state index in [4.69, 9.17) is 0 Å². The second-order valence-electron chi connectivity index (χ2n) is 5.16. The van der Waals surface area contributed by atoms with E-state index in [1.54, 1.807) is 12.1 Å². The fraction of sp³-hybridized carbons (Fsp3) is 0.500. The Kier molecular flexibility index (Phi) is 8.49. The van der Waals surface area contributed by atoms with Crippen molar-refractivity contribution in [3.8, 4) is 0 Å². The van der Waals surface area contributed by atoms with Gasteiger partial charge in [0.1, 0.15) is 0 Å². The van der Waals surface area contributed by atoms with Crippen LogP contribution in [0.3, 0.4) is 0 Å². The summed E-state index contributed by atoms with van der Waals surface area (Å²) in [6.07, 6.45) is 8.78. The van der Waals surface area contributed by atoms with E-state index in [9.17, 15) is 14.9 Å². The minimum absolute atomic E-state index is 0.0317. The minimum atomic E-state index is -0.455. The molecular weight excluding hydrogens is 282 g/mol. The Balaban J connectivity index is 2.21. The van der Waals surface area contributed by atoms with Crippen molar-refractivity contribution in [3.63, 3.8) is 0 Å². The number of nitrogens with zero attached hydrogens (tertiary/aromatic N) is 2. The predicted octanol–water partition coefficient (Wildman–Crippen LogP) is 3.80. The lowest BCUT2D eigenvalue weighted by Gasteiger charge is -2.00. The molecule has 0 saturated heterocycles. The highest BCUT2D eigenvalue weighted by Crippen LogP contribution is 2.10. The van der Waals surface area contributed by atoms with Crippen molar-refractivity contribution >= 4 is 17.8 Å². The van der Waals surface area contributed by atoms with Crippen LogP contribution in [0.1, 0.15) is 57.4 Å². The summed E-state index contributed by atoms with van der Waals surface area (Å²) >= 11 is 0. The molecule has 0 unspecified atom stereocenters. The number of hydrogen-bond donors (Lipinski definition) is 1. The third kappa shape index (κ3) is 7.52. The molecule has 1 amide bonds. The number of nitro benzene ring substituents is 1. The molecule has 0 aromatic heterocycles. The van der Waals surface area contributed by atoms with Crippen LogP contribution < -0.4 is 5.43 Å². The highest BCUT2D eigenvalue weighted by molar-refractivity contribution is 5.82. The van der Waals surface area contributed by atoms with Gasteiger partial charge in [-0.05, 0) is 24.1 Å². The van der Waals surface area contributed by atoms with Crippen molar-refractivity contribution in [2.24, 2.45) is 5.10 Å². The molecule has 0 heterocycles. The monoisotopic (exact) mass is 305 g/mol. The van der Waals surface area contributed by atoms with Crippen molar-refractivity contribution < 1.29 is 9.72 Å². The summed E-state index contributed by atoms with van der Waals surface area (Å²) in [7, 11) is 0. The molecule has 0 saturated carbocycles. The molecule has 0 fully saturated rings. The third-order valence-corrected chi connectivity index (χ3v) is 3.26. The van der Waals surface area contributed by atoms with Crippen LogP contribution in [0.15, 0.2) is 29.4 Å². The quantitative estimate of drug-likeness (QED) is 0.309. The van der Waals surface area contributed by atoms with E-state index < -0.39 is 4.92 Å². The average molecular weight is 305 g/mol. The van der Waals surface area contributed by atoms with Gasteiger partial charge in [-0.15, -0.1) is 0 Å².